The van der Waals surface area contributed by atoms with Crippen molar-refractivity contribution in [2.75, 3.05) is 17.7 Å². The quantitative estimate of drug-likeness (QED) is 0.579. The predicted octanol–water partition coefficient (Wildman–Crippen LogP) is 4.12. The van der Waals surface area contributed by atoms with Gasteiger partial charge in [0, 0.05) is 11.4 Å². The van der Waals surface area contributed by atoms with Gasteiger partial charge in [0.25, 0.3) is 0 Å². The van der Waals surface area contributed by atoms with Crippen LogP contribution >= 0.6 is 23.1 Å². The fraction of sp³-hybridized carbons (Fsp3) is 0.222. The minimum absolute atomic E-state index is 0.254. The van der Waals surface area contributed by atoms with Crippen LogP contribution in [0.25, 0.3) is 0 Å². The lowest BCUT2D eigenvalue weighted by molar-refractivity contribution is 0.126. The van der Waals surface area contributed by atoms with E-state index in [1.54, 1.807) is 0 Å². The average molecular weight is 374 g/mol. The zero-order valence-corrected chi connectivity index (χ0v) is 15.4. The number of aromatic nitrogens is 2. The molecule has 1 atom stereocenters. The Morgan fingerprint density at radius 1 is 1.12 bits per heavy atom. The molecule has 3 aromatic rings. The third-order valence-corrected chi connectivity index (χ3v) is 5.41. The Labute approximate surface area is 155 Å². The van der Waals surface area contributed by atoms with Gasteiger partial charge in [-0.25, -0.2) is 0 Å². The number of rotatable bonds is 8. The number of aliphatic hydroxyl groups excluding tert-OH is 1. The normalized spacial score (nSPS) is 11.9. The van der Waals surface area contributed by atoms with E-state index in [1.165, 1.54) is 28.7 Å². The monoisotopic (exact) mass is 373 g/mol. The molecule has 0 unspecified atom stereocenters. The molecule has 0 fully saturated rings. The molecule has 0 aliphatic rings. The molecule has 5 nitrogen and oxygen atoms in total. The molecule has 3 rings (SSSR count). The zero-order chi connectivity index (χ0) is 17.5. The van der Waals surface area contributed by atoms with Crippen molar-refractivity contribution in [1.82, 2.24) is 10.2 Å². The minimum Gasteiger partial charge on any atom is -0.491 e. The second-order valence-electron chi connectivity index (χ2n) is 5.45. The van der Waals surface area contributed by atoms with Gasteiger partial charge in [0.2, 0.25) is 5.13 Å². The number of anilines is 2. The van der Waals surface area contributed by atoms with E-state index >= 15 is 0 Å². The van der Waals surface area contributed by atoms with E-state index in [-0.39, 0.29) is 6.61 Å². The van der Waals surface area contributed by atoms with Gasteiger partial charge < -0.3 is 15.2 Å². The fourth-order valence-corrected chi connectivity index (χ4v) is 3.71. The highest BCUT2D eigenvalue weighted by Gasteiger charge is 2.10. The Bertz CT molecular complexity index is 779. The Hall–Kier alpha value is -2.09. The van der Waals surface area contributed by atoms with Crippen molar-refractivity contribution >= 4 is 33.9 Å². The Morgan fingerprint density at radius 3 is 2.64 bits per heavy atom. The number of aryl methyl sites for hydroxylation is 1. The average Bonchev–Trinajstić information content (AvgIpc) is 3.08. The molecule has 1 aromatic heterocycles. The van der Waals surface area contributed by atoms with E-state index in [0.29, 0.717) is 5.75 Å². The molecule has 130 valence electrons. The molecule has 1 heterocycles. The molecule has 2 N–H and O–H groups in total. The highest BCUT2D eigenvalue weighted by molar-refractivity contribution is 8.01. The van der Waals surface area contributed by atoms with Gasteiger partial charge in [0.05, 0.1) is 6.10 Å². The summed E-state index contributed by atoms with van der Waals surface area (Å²) in [5, 5.41) is 22.3. The van der Waals surface area contributed by atoms with Gasteiger partial charge in [-0.2, -0.15) is 0 Å². The van der Waals surface area contributed by atoms with Crippen molar-refractivity contribution in [3.05, 3.63) is 60.2 Å². The Kier molecular flexibility index (Phi) is 6.27. The topological polar surface area (TPSA) is 67.3 Å². The summed E-state index contributed by atoms with van der Waals surface area (Å²) in [5.41, 5.74) is 2.15. The third kappa shape index (κ3) is 5.74. The molecule has 0 saturated heterocycles. The van der Waals surface area contributed by atoms with Gasteiger partial charge in [-0.05, 0) is 31.2 Å². The van der Waals surface area contributed by atoms with Gasteiger partial charge >= 0.3 is 0 Å². The van der Waals surface area contributed by atoms with E-state index in [4.69, 9.17) is 4.74 Å². The van der Waals surface area contributed by atoms with Gasteiger partial charge in [-0.15, -0.1) is 10.2 Å². The number of hydrogen-bond acceptors (Lipinski definition) is 7. The van der Waals surface area contributed by atoms with Crippen molar-refractivity contribution in [3.63, 3.8) is 0 Å². The highest BCUT2D eigenvalue weighted by atomic mass is 32.2. The molecule has 0 radical (unpaired) electrons. The predicted molar refractivity (Wildman–Crippen MR) is 103 cm³/mol. The van der Waals surface area contributed by atoms with Crippen LogP contribution in [0.4, 0.5) is 10.8 Å². The molecular formula is C18H19N3O2S2. The standard InChI is InChI=1S/C18H19N3O2S2/c1-13-7-9-16(10-8-13)23-11-15(22)12-24-18-21-20-17(25-18)19-14-5-3-2-4-6-14/h2-10,15,22H,11-12H2,1H3,(H,19,20)/t15-/m0/s1. The number of aliphatic hydroxyl groups is 1. The lowest BCUT2D eigenvalue weighted by Gasteiger charge is -2.11. The van der Waals surface area contributed by atoms with Gasteiger partial charge in [0.15, 0.2) is 4.34 Å². The molecule has 0 aliphatic heterocycles. The van der Waals surface area contributed by atoms with Crippen LogP contribution in [0.15, 0.2) is 58.9 Å². The Balaban J connectivity index is 1.43. The molecule has 0 spiro atoms. The van der Waals surface area contributed by atoms with Gasteiger partial charge in [-0.3, -0.25) is 0 Å². The molecular weight excluding hydrogens is 354 g/mol. The van der Waals surface area contributed by atoms with Crippen LogP contribution in [0.5, 0.6) is 5.75 Å². The maximum atomic E-state index is 10.1. The van der Waals surface area contributed by atoms with E-state index in [0.717, 1.165) is 20.9 Å². The largest absolute Gasteiger partial charge is 0.491 e. The summed E-state index contributed by atoms with van der Waals surface area (Å²) >= 11 is 2.94. The third-order valence-electron chi connectivity index (χ3n) is 3.29. The molecule has 0 bridgehead atoms. The number of ether oxygens (including phenoxy) is 1. The molecule has 0 amide bonds. The van der Waals surface area contributed by atoms with Crippen LogP contribution in [0.1, 0.15) is 5.56 Å². The maximum Gasteiger partial charge on any atom is 0.210 e. The van der Waals surface area contributed by atoms with E-state index < -0.39 is 6.10 Å². The SMILES string of the molecule is Cc1ccc(OC[C@H](O)CSc2nnc(Nc3ccccc3)s2)cc1. The van der Waals surface area contributed by atoms with Crippen LogP contribution in [-0.2, 0) is 0 Å². The van der Waals surface area contributed by atoms with E-state index in [9.17, 15) is 5.11 Å². The van der Waals surface area contributed by atoms with Crippen LogP contribution < -0.4 is 10.1 Å². The summed E-state index contributed by atoms with van der Waals surface area (Å²) in [5.74, 6) is 1.27. The first-order valence-electron chi connectivity index (χ1n) is 7.85. The summed E-state index contributed by atoms with van der Waals surface area (Å²) in [4.78, 5) is 0. The maximum absolute atomic E-state index is 10.1. The minimum atomic E-state index is -0.569. The van der Waals surface area contributed by atoms with Crippen LogP contribution in [-0.4, -0.2) is 33.8 Å². The smallest absolute Gasteiger partial charge is 0.210 e. The number of thioether (sulfide) groups is 1. The molecule has 0 aliphatic carbocycles. The second kappa shape index (κ2) is 8.84. The highest BCUT2D eigenvalue weighted by Crippen LogP contribution is 2.28. The first-order valence-corrected chi connectivity index (χ1v) is 9.65. The van der Waals surface area contributed by atoms with Crippen molar-refractivity contribution < 1.29 is 9.84 Å². The lowest BCUT2D eigenvalue weighted by atomic mass is 10.2. The van der Waals surface area contributed by atoms with Gasteiger partial charge in [-0.1, -0.05) is 59.0 Å². The Morgan fingerprint density at radius 2 is 1.88 bits per heavy atom. The first kappa shape index (κ1) is 17.7. The van der Waals surface area contributed by atoms with E-state index in [2.05, 4.69) is 15.5 Å². The van der Waals surface area contributed by atoms with Crippen LogP contribution in [0.2, 0.25) is 0 Å². The van der Waals surface area contributed by atoms with Crippen molar-refractivity contribution in [1.29, 1.82) is 0 Å². The second-order valence-corrected chi connectivity index (χ2v) is 7.70. The number of nitrogens with one attached hydrogen (secondary N) is 1. The fourth-order valence-electron chi connectivity index (χ4n) is 2.01. The molecule has 7 heteroatoms. The number of nitrogens with zero attached hydrogens (tertiary/aromatic N) is 2. The first-order chi connectivity index (χ1) is 12.2. The summed E-state index contributed by atoms with van der Waals surface area (Å²) < 4.78 is 6.40. The summed E-state index contributed by atoms with van der Waals surface area (Å²) in [7, 11) is 0. The van der Waals surface area contributed by atoms with Crippen molar-refractivity contribution in [2.45, 2.75) is 17.4 Å². The van der Waals surface area contributed by atoms with Crippen LogP contribution in [0.3, 0.4) is 0 Å². The van der Waals surface area contributed by atoms with Crippen molar-refractivity contribution in [3.8, 4) is 5.75 Å². The summed E-state index contributed by atoms with van der Waals surface area (Å²) in [6.45, 7) is 2.28. The zero-order valence-electron chi connectivity index (χ0n) is 13.8. The van der Waals surface area contributed by atoms with Crippen LogP contribution in [0, 0.1) is 6.92 Å². The summed E-state index contributed by atoms with van der Waals surface area (Å²) in [6.07, 6.45) is -0.569. The molecule has 0 saturated carbocycles. The lowest BCUT2D eigenvalue weighted by Crippen LogP contribution is -2.20. The molecule has 2 aromatic carbocycles. The van der Waals surface area contributed by atoms with E-state index in [1.807, 2.05) is 61.5 Å². The number of hydrogen-bond donors (Lipinski definition) is 2. The number of benzene rings is 2. The van der Waals surface area contributed by atoms with Gasteiger partial charge in [0.1, 0.15) is 12.4 Å². The van der Waals surface area contributed by atoms with Crippen molar-refractivity contribution in [2.24, 2.45) is 0 Å². The molecule has 25 heavy (non-hydrogen) atoms. The number of para-hydroxylation sites is 1. The summed E-state index contributed by atoms with van der Waals surface area (Å²) in [6, 6.07) is 17.6.